The van der Waals surface area contributed by atoms with Crippen LogP contribution in [0.4, 0.5) is 24.5 Å². The molecule has 2 heterocycles. The number of carbonyl (C=O) groups excluding carboxylic acids is 2. The summed E-state index contributed by atoms with van der Waals surface area (Å²) in [5.41, 5.74) is 8.31. The smallest absolute Gasteiger partial charge is 0.369 e. The number of alkyl halides is 3. The largest absolute Gasteiger partial charge is 0.390 e. The summed E-state index contributed by atoms with van der Waals surface area (Å²) < 4.78 is 41.0. The highest BCUT2D eigenvalue weighted by Crippen LogP contribution is 2.43. The Bertz CT molecular complexity index is 1140. The molecule has 1 atom stereocenters. The highest BCUT2D eigenvalue weighted by molar-refractivity contribution is 6.09. The summed E-state index contributed by atoms with van der Waals surface area (Å²) in [6.45, 7) is -0.390. The number of aromatic nitrogens is 2. The van der Waals surface area contributed by atoms with E-state index in [-0.39, 0.29) is 18.6 Å². The van der Waals surface area contributed by atoms with Gasteiger partial charge in [0, 0.05) is 48.7 Å². The van der Waals surface area contributed by atoms with Crippen molar-refractivity contribution in [2.75, 3.05) is 5.32 Å². The number of rotatable bonds is 6. The number of para-hydroxylation sites is 1. The first-order valence-corrected chi connectivity index (χ1v) is 10.1. The quantitative estimate of drug-likeness (QED) is 0.589. The maximum atomic E-state index is 13.2. The van der Waals surface area contributed by atoms with Gasteiger partial charge in [0.05, 0.1) is 29.3 Å². The van der Waals surface area contributed by atoms with Crippen LogP contribution in [0.1, 0.15) is 28.9 Å². The zero-order chi connectivity index (χ0) is 22.9. The average molecular weight is 442 g/mol. The first kappa shape index (κ1) is 21.6. The lowest BCUT2D eigenvalue weighted by Gasteiger charge is -2.22. The van der Waals surface area contributed by atoms with E-state index in [1.807, 2.05) is 18.2 Å². The fourth-order valence-corrected chi connectivity index (χ4v) is 4.10. The van der Waals surface area contributed by atoms with E-state index >= 15 is 0 Å². The van der Waals surface area contributed by atoms with Crippen molar-refractivity contribution in [3.63, 3.8) is 0 Å². The molecule has 1 aliphatic rings. The number of amides is 1. The molecular weight excluding hydrogens is 421 g/mol. The van der Waals surface area contributed by atoms with Gasteiger partial charge in [-0.05, 0) is 24.3 Å². The van der Waals surface area contributed by atoms with Gasteiger partial charge in [0.1, 0.15) is 0 Å². The lowest BCUT2D eigenvalue weighted by molar-refractivity contribution is -0.136. The third-order valence-corrected chi connectivity index (χ3v) is 5.54. The van der Waals surface area contributed by atoms with Gasteiger partial charge in [0.15, 0.2) is 5.78 Å². The van der Waals surface area contributed by atoms with Crippen molar-refractivity contribution >= 4 is 23.1 Å². The van der Waals surface area contributed by atoms with E-state index in [1.54, 1.807) is 24.3 Å². The summed E-state index contributed by atoms with van der Waals surface area (Å²) in [6.07, 6.45) is -2.37. The van der Waals surface area contributed by atoms with Crippen molar-refractivity contribution in [1.29, 1.82) is 0 Å². The number of nitrogens with one attached hydrogen (secondary N) is 1. The summed E-state index contributed by atoms with van der Waals surface area (Å²) in [5.74, 6) is -1.73. The van der Waals surface area contributed by atoms with Gasteiger partial charge in [-0.15, -0.1) is 0 Å². The van der Waals surface area contributed by atoms with Gasteiger partial charge in [0.2, 0.25) is 5.91 Å². The molecule has 0 bridgehead atoms. The number of benzene rings is 1. The molecule has 3 aromatic rings. The van der Waals surface area contributed by atoms with E-state index in [9.17, 15) is 22.8 Å². The van der Waals surface area contributed by atoms with Crippen LogP contribution in [0.15, 0.2) is 54.9 Å². The number of primary amides is 1. The maximum Gasteiger partial charge on any atom is 0.390 e. The number of halogens is 3. The summed E-state index contributed by atoms with van der Waals surface area (Å²) in [6, 6.07) is 12.4. The molecule has 4 rings (SSSR count). The van der Waals surface area contributed by atoms with Gasteiger partial charge >= 0.3 is 6.18 Å². The lowest BCUT2D eigenvalue weighted by Crippen LogP contribution is -2.32. The van der Waals surface area contributed by atoms with Gasteiger partial charge in [-0.3, -0.25) is 14.6 Å². The molecule has 1 unspecified atom stereocenters. The van der Waals surface area contributed by atoms with E-state index in [2.05, 4.69) is 10.3 Å². The molecule has 6 nitrogen and oxygen atoms in total. The van der Waals surface area contributed by atoms with Crippen LogP contribution in [-0.4, -0.2) is 27.4 Å². The Balaban J connectivity index is 1.95. The molecule has 1 amide bonds. The summed E-state index contributed by atoms with van der Waals surface area (Å²) in [5, 5.41) is 3.23. The summed E-state index contributed by atoms with van der Waals surface area (Å²) >= 11 is 0. The number of carbonyl (C=O) groups is 2. The number of Topliss-reactive ketones (excluding diaryl/α,β-unsaturated/α-hetero) is 1. The van der Waals surface area contributed by atoms with Crippen LogP contribution in [0.5, 0.6) is 0 Å². The standard InChI is InChI=1S/C23H21F3N4O2/c24-23(25,26)8-11-30-17-12-15(22(27)32)13-18(31)19(17)20(29-16-4-2-1-3-5-16)21(30)14-6-9-28-10-7-14/h1-7,9-10,15,29H,8,11-13H2,(H2,27,32). The van der Waals surface area contributed by atoms with Gasteiger partial charge in [-0.2, -0.15) is 13.2 Å². The van der Waals surface area contributed by atoms with Crippen LogP contribution < -0.4 is 11.1 Å². The van der Waals surface area contributed by atoms with E-state index in [1.165, 1.54) is 17.0 Å². The minimum Gasteiger partial charge on any atom is -0.369 e. The Kier molecular flexibility index (Phi) is 5.73. The SMILES string of the molecule is NC(=O)C1CC(=O)c2c(Nc3ccccc3)c(-c3ccncc3)n(CCC(F)(F)F)c2C1. The molecule has 0 spiro atoms. The molecule has 9 heteroatoms. The van der Waals surface area contributed by atoms with Crippen LogP contribution in [0.2, 0.25) is 0 Å². The predicted octanol–water partition coefficient (Wildman–Crippen LogP) is 4.48. The first-order valence-electron chi connectivity index (χ1n) is 10.1. The van der Waals surface area contributed by atoms with Crippen molar-refractivity contribution < 1.29 is 22.8 Å². The van der Waals surface area contributed by atoms with Crippen LogP contribution >= 0.6 is 0 Å². The number of fused-ring (bicyclic) bond motifs is 1. The average Bonchev–Trinajstić information content (AvgIpc) is 3.06. The highest BCUT2D eigenvalue weighted by Gasteiger charge is 2.37. The molecule has 0 fully saturated rings. The molecule has 0 aliphatic heterocycles. The fraction of sp³-hybridized carbons (Fsp3) is 0.261. The van der Waals surface area contributed by atoms with Crippen molar-refractivity contribution in [3.05, 3.63) is 66.1 Å². The zero-order valence-electron chi connectivity index (χ0n) is 17.0. The monoisotopic (exact) mass is 442 g/mol. The molecule has 32 heavy (non-hydrogen) atoms. The second kappa shape index (κ2) is 8.49. The number of anilines is 2. The molecule has 1 aliphatic carbocycles. The van der Waals surface area contributed by atoms with Gasteiger partial charge in [-0.1, -0.05) is 18.2 Å². The van der Waals surface area contributed by atoms with Gasteiger partial charge in [0.25, 0.3) is 0 Å². The second-order valence-electron chi connectivity index (χ2n) is 7.72. The number of hydrogen-bond acceptors (Lipinski definition) is 4. The molecule has 3 N–H and O–H groups in total. The minimum absolute atomic E-state index is 0.0785. The number of nitrogens with zero attached hydrogens (tertiary/aromatic N) is 2. The zero-order valence-corrected chi connectivity index (χ0v) is 17.0. The summed E-state index contributed by atoms with van der Waals surface area (Å²) in [7, 11) is 0. The van der Waals surface area contributed by atoms with Crippen LogP contribution in [0.3, 0.4) is 0 Å². The van der Waals surface area contributed by atoms with Crippen LogP contribution in [-0.2, 0) is 17.8 Å². The van der Waals surface area contributed by atoms with Crippen LogP contribution in [0, 0.1) is 5.92 Å². The Morgan fingerprint density at radius 1 is 1.12 bits per heavy atom. The number of pyridine rings is 1. The Morgan fingerprint density at radius 3 is 2.44 bits per heavy atom. The highest BCUT2D eigenvalue weighted by atomic mass is 19.4. The molecule has 0 saturated carbocycles. The molecule has 1 aromatic carbocycles. The topological polar surface area (TPSA) is 90.0 Å². The molecular formula is C23H21F3N4O2. The third kappa shape index (κ3) is 4.37. The van der Waals surface area contributed by atoms with Crippen LogP contribution in [0.25, 0.3) is 11.3 Å². The minimum atomic E-state index is -4.39. The fourth-order valence-electron chi connectivity index (χ4n) is 4.10. The molecule has 0 saturated heterocycles. The van der Waals surface area contributed by atoms with Gasteiger partial charge < -0.3 is 15.6 Å². The molecule has 0 radical (unpaired) electrons. The van der Waals surface area contributed by atoms with E-state index < -0.39 is 31.0 Å². The van der Waals surface area contributed by atoms with Gasteiger partial charge in [-0.25, -0.2) is 0 Å². The first-order chi connectivity index (χ1) is 15.2. The maximum absolute atomic E-state index is 13.2. The molecule has 166 valence electrons. The van der Waals surface area contributed by atoms with Crippen molar-refractivity contribution in [1.82, 2.24) is 9.55 Å². The van der Waals surface area contributed by atoms with E-state index in [0.29, 0.717) is 33.9 Å². The predicted molar refractivity (Wildman–Crippen MR) is 113 cm³/mol. The number of ketones is 1. The van der Waals surface area contributed by atoms with E-state index in [0.717, 1.165) is 0 Å². The normalized spacial score (nSPS) is 16.0. The van der Waals surface area contributed by atoms with Crippen molar-refractivity contribution in [2.24, 2.45) is 11.7 Å². The summed E-state index contributed by atoms with van der Waals surface area (Å²) in [4.78, 5) is 29.0. The molecule has 2 aromatic heterocycles. The number of nitrogens with two attached hydrogens (primary N) is 1. The van der Waals surface area contributed by atoms with Crippen molar-refractivity contribution in [2.45, 2.75) is 32.0 Å². The van der Waals surface area contributed by atoms with E-state index in [4.69, 9.17) is 5.73 Å². The number of hydrogen-bond donors (Lipinski definition) is 2. The third-order valence-electron chi connectivity index (χ3n) is 5.54. The Morgan fingerprint density at radius 2 is 1.81 bits per heavy atom. The lowest BCUT2D eigenvalue weighted by atomic mass is 9.85. The Labute approximate surface area is 182 Å². The second-order valence-corrected chi connectivity index (χ2v) is 7.72. The Hall–Kier alpha value is -3.62. The van der Waals surface area contributed by atoms with Crippen molar-refractivity contribution in [3.8, 4) is 11.3 Å².